The summed E-state index contributed by atoms with van der Waals surface area (Å²) in [6, 6.07) is 10.2. The number of carbonyl (C=O) groups excluding carboxylic acids is 1. The molecule has 0 fully saturated rings. The van der Waals surface area contributed by atoms with Gasteiger partial charge in [0.2, 0.25) is 0 Å². The van der Waals surface area contributed by atoms with Gasteiger partial charge in [0.15, 0.2) is 5.69 Å². The number of hydrogen-bond acceptors (Lipinski definition) is 4. The zero-order valence-corrected chi connectivity index (χ0v) is 12.1. The molecule has 0 atom stereocenters. The first kappa shape index (κ1) is 13.8. The van der Waals surface area contributed by atoms with E-state index >= 15 is 0 Å². The van der Waals surface area contributed by atoms with Crippen LogP contribution >= 0.6 is 0 Å². The van der Waals surface area contributed by atoms with E-state index in [1.54, 1.807) is 0 Å². The molecule has 5 heteroatoms. The average molecular weight is 285 g/mol. The van der Waals surface area contributed by atoms with Crippen LogP contribution in [-0.4, -0.2) is 28.9 Å². The van der Waals surface area contributed by atoms with Crippen molar-refractivity contribution in [3.63, 3.8) is 0 Å². The van der Waals surface area contributed by atoms with Gasteiger partial charge in [-0.1, -0.05) is 30.3 Å². The van der Waals surface area contributed by atoms with E-state index in [2.05, 4.69) is 22.5 Å². The van der Waals surface area contributed by atoms with Gasteiger partial charge >= 0.3 is 5.97 Å². The van der Waals surface area contributed by atoms with Gasteiger partial charge in [0.05, 0.1) is 13.2 Å². The fourth-order valence-corrected chi connectivity index (χ4v) is 2.67. The van der Waals surface area contributed by atoms with Crippen LogP contribution in [0, 0.1) is 0 Å². The molecule has 2 aromatic rings. The van der Waals surface area contributed by atoms with Gasteiger partial charge in [-0.15, -0.1) is 0 Å². The Balaban J connectivity index is 1.95. The summed E-state index contributed by atoms with van der Waals surface area (Å²) in [6.45, 7) is 4.45. The first-order valence-corrected chi connectivity index (χ1v) is 7.30. The molecule has 0 aliphatic carbocycles. The molecule has 1 aliphatic heterocycles. The molecule has 5 nitrogen and oxygen atoms in total. The summed E-state index contributed by atoms with van der Waals surface area (Å²) in [7, 11) is 0. The number of ether oxygens (including phenoxy) is 1. The van der Waals surface area contributed by atoms with E-state index in [0.29, 0.717) is 25.4 Å². The molecule has 0 saturated heterocycles. The maximum absolute atomic E-state index is 12.1. The molecule has 0 spiro atoms. The standard InChI is InChI=1S/C16H19N3O2/c1-2-21-16(20)15-13-10-17-9-8-14(13)19(18-15)11-12-6-4-3-5-7-12/h3-7,17H,2,8-11H2,1H3. The summed E-state index contributed by atoms with van der Waals surface area (Å²) in [6.07, 6.45) is 0.884. The van der Waals surface area contributed by atoms with Gasteiger partial charge < -0.3 is 10.1 Å². The minimum absolute atomic E-state index is 0.329. The molecule has 3 rings (SSSR count). The second kappa shape index (κ2) is 6.10. The number of nitrogens with one attached hydrogen (secondary N) is 1. The molecule has 21 heavy (non-hydrogen) atoms. The summed E-state index contributed by atoms with van der Waals surface area (Å²) >= 11 is 0. The zero-order chi connectivity index (χ0) is 14.7. The van der Waals surface area contributed by atoms with E-state index in [0.717, 1.165) is 24.2 Å². The molecule has 0 amide bonds. The lowest BCUT2D eigenvalue weighted by atomic mass is 10.1. The van der Waals surface area contributed by atoms with Crippen LogP contribution in [0.15, 0.2) is 30.3 Å². The van der Waals surface area contributed by atoms with Crippen LogP contribution in [0.2, 0.25) is 0 Å². The van der Waals surface area contributed by atoms with Crippen LogP contribution in [0.5, 0.6) is 0 Å². The fourth-order valence-electron chi connectivity index (χ4n) is 2.67. The Morgan fingerprint density at radius 3 is 2.95 bits per heavy atom. The second-order valence-corrected chi connectivity index (χ2v) is 5.06. The van der Waals surface area contributed by atoms with Crippen molar-refractivity contribution in [1.82, 2.24) is 15.1 Å². The number of carbonyl (C=O) groups is 1. The Hall–Kier alpha value is -2.14. The topological polar surface area (TPSA) is 56.1 Å². The van der Waals surface area contributed by atoms with Gasteiger partial charge in [-0.05, 0) is 12.5 Å². The smallest absolute Gasteiger partial charge is 0.359 e. The van der Waals surface area contributed by atoms with Crippen molar-refractivity contribution in [2.24, 2.45) is 0 Å². The Bertz CT molecular complexity index is 634. The van der Waals surface area contributed by atoms with E-state index in [4.69, 9.17) is 4.74 Å². The Morgan fingerprint density at radius 2 is 2.19 bits per heavy atom. The summed E-state index contributed by atoms with van der Waals surface area (Å²) in [5.41, 5.74) is 3.75. The fraction of sp³-hybridized carbons (Fsp3) is 0.375. The van der Waals surface area contributed by atoms with E-state index < -0.39 is 0 Å². The van der Waals surface area contributed by atoms with Crippen molar-refractivity contribution in [2.75, 3.05) is 13.2 Å². The second-order valence-electron chi connectivity index (χ2n) is 5.06. The highest BCUT2D eigenvalue weighted by atomic mass is 16.5. The summed E-state index contributed by atoms with van der Waals surface area (Å²) in [5, 5.41) is 7.80. The molecule has 0 unspecified atom stereocenters. The molecule has 1 aromatic heterocycles. The van der Waals surface area contributed by atoms with Crippen molar-refractivity contribution in [3.8, 4) is 0 Å². The third-order valence-electron chi connectivity index (χ3n) is 3.65. The predicted molar refractivity (Wildman–Crippen MR) is 79.1 cm³/mol. The van der Waals surface area contributed by atoms with Crippen molar-refractivity contribution < 1.29 is 9.53 Å². The molecule has 0 bridgehead atoms. The van der Waals surface area contributed by atoms with Gasteiger partial charge in [-0.2, -0.15) is 5.10 Å². The van der Waals surface area contributed by atoms with Crippen LogP contribution in [0.3, 0.4) is 0 Å². The van der Waals surface area contributed by atoms with Gasteiger partial charge in [0.1, 0.15) is 0 Å². The number of rotatable bonds is 4. The molecule has 2 heterocycles. The van der Waals surface area contributed by atoms with Crippen molar-refractivity contribution in [3.05, 3.63) is 52.8 Å². The predicted octanol–water partition coefficient (Wildman–Crippen LogP) is 1.75. The first-order chi connectivity index (χ1) is 10.3. The third-order valence-corrected chi connectivity index (χ3v) is 3.65. The van der Waals surface area contributed by atoms with Crippen molar-refractivity contribution in [1.29, 1.82) is 0 Å². The lowest BCUT2D eigenvalue weighted by Gasteiger charge is -2.15. The number of nitrogens with zero attached hydrogens (tertiary/aromatic N) is 2. The molecule has 0 radical (unpaired) electrons. The van der Waals surface area contributed by atoms with E-state index in [1.165, 1.54) is 5.56 Å². The summed E-state index contributed by atoms with van der Waals surface area (Å²) < 4.78 is 7.06. The van der Waals surface area contributed by atoms with E-state index in [-0.39, 0.29) is 5.97 Å². The molecular formula is C16H19N3O2. The number of benzene rings is 1. The monoisotopic (exact) mass is 285 g/mol. The number of fused-ring (bicyclic) bond motifs is 1. The SMILES string of the molecule is CCOC(=O)c1nn(Cc2ccccc2)c2c1CNCC2. The molecule has 1 aromatic carbocycles. The normalized spacial score (nSPS) is 13.8. The molecule has 0 saturated carbocycles. The largest absolute Gasteiger partial charge is 0.461 e. The van der Waals surface area contributed by atoms with Crippen LogP contribution in [-0.2, 0) is 24.2 Å². The number of hydrogen-bond donors (Lipinski definition) is 1. The van der Waals surface area contributed by atoms with Gasteiger partial charge in [-0.3, -0.25) is 4.68 Å². The Morgan fingerprint density at radius 1 is 1.38 bits per heavy atom. The lowest BCUT2D eigenvalue weighted by molar-refractivity contribution is 0.0517. The van der Waals surface area contributed by atoms with Crippen LogP contribution in [0.4, 0.5) is 0 Å². The highest BCUT2D eigenvalue weighted by Gasteiger charge is 2.25. The van der Waals surface area contributed by atoms with Gasteiger partial charge in [0, 0.05) is 30.8 Å². The molecule has 1 aliphatic rings. The van der Waals surface area contributed by atoms with E-state index in [9.17, 15) is 4.79 Å². The zero-order valence-electron chi connectivity index (χ0n) is 12.1. The highest BCUT2D eigenvalue weighted by molar-refractivity contribution is 5.89. The van der Waals surface area contributed by atoms with Gasteiger partial charge in [0.25, 0.3) is 0 Å². The molecular weight excluding hydrogens is 266 g/mol. The minimum atomic E-state index is -0.329. The van der Waals surface area contributed by atoms with Crippen molar-refractivity contribution in [2.45, 2.75) is 26.4 Å². The van der Waals surface area contributed by atoms with E-state index in [1.807, 2.05) is 29.8 Å². The maximum Gasteiger partial charge on any atom is 0.359 e. The third kappa shape index (κ3) is 2.83. The summed E-state index contributed by atoms with van der Waals surface area (Å²) in [5.74, 6) is -0.329. The quantitative estimate of drug-likeness (QED) is 0.870. The van der Waals surface area contributed by atoms with Gasteiger partial charge in [-0.25, -0.2) is 4.79 Å². The Labute approximate surface area is 123 Å². The molecule has 1 N–H and O–H groups in total. The van der Waals surface area contributed by atoms with Crippen molar-refractivity contribution >= 4 is 5.97 Å². The van der Waals surface area contributed by atoms with Crippen LogP contribution in [0.25, 0.3) is 0 Å². The number of esters is 1. The van der Waals surface area contributed by atoms with Crippen LogP contribution < -0.4 is 5.32 Å². The first-order valence-electron chi connectivity index (χ1n) is 7.30. The molecule has 110 valence electrons. The maximum atomic E-state index is 12.1. The highest BCUT2D eigenvalue weighted by Crippen LogP contribution is 2.20. The lowest BCUT2D eigenvalue weighted by Crippen LogP contribution is -2.25. The Kier molecular flexibility index (Phi) is 4.01. The van der Waals surface area contributed by atoms with Crippen LogP contribution in [0.1, 0.15) is 34.2 Å². The number of aromatic nitrogens is 2. The summed E-state index contributed by atoms with van der Waals surface area (Å²) in [4.78, 5) is 12.1. The minimum Gasteiger partial charge on any atom is -0.461 e. The average Bonchev–Trinajstić information content (AvgIpc) is 2.88.